The lowest BCUT2D eigenvalue weighted by Gasteiger charge is -2.55. The maximum atomic E-state index is 12.7. The number of fused-ring (bicyclic) bond motifs is 5. The van der Waals surface area contributed by atoms with Gasteiger partial charge in [-0.25, -0.2) is 4.79 Å². The molecule has 0 amide bonds. The number of ether oxygens (including phenoxy) is 3. The number of esters is 1. The Bertz CT molecular complexity index is 1080. The fourth-order valence-electron chi connectivity index (χ4n) is 8.35. The molecule has 1 aromatic carbocycles. The summed E-state index contributed by atoms with van der Waals surface area (Å²) < 4.78 is 19.2. The molecule has 5 aliphatic rings. The predicted octanol–water partition coefficient (Wildman–Crippen LogP) is 6.32. The lowest BCUT2D eigenvalue weighted by Crippen LogP contribution is -2.52. The second kappa shape index (κ2) is 9.19. The van der Waals surface area contributed by atoms with Gasteiger partial charge < -0.3 is 14.2 Å². The van der Waals surface area contributed by atoms with Crippen LogP contribution in [0, 0.1) is 51.0 Å². The molecule has 6 rings (SSSR count). The number of nitro benzene ring substituents is 1. The molecule has 3 aliphatic carbocycles. The number of hydrogen-bond donors (Lipinski definition) is 0. The number of nitro groups is 1. The molecule has 2 heterocycles. The molecule has 7 nitrogen and oxygen atoms in total. The van der Waals surface area contributed by atoms with Gasteiger partial charge in [0.2, 0.25) is 0 Å². The van der Waals surface area contributed by atoms with Gasteiger partial charge in [-0.15, -0.1) is 0 Å². The van der Waals surface area contributed by atoms with E-state index in [4.69, 9.17) is 14.2 Å². The van der Waals surface area contributed by atoms with E-state index in [0.29, 0.717) is 41.1 Å². The van der Waals surface area contributed by atoms with E-state index < -0.39 is 16.7 Å². The van der Waals surface area contributed by atoms with Gasteiger partial charge in [0.15, 0.2) is 5.79 Å². The number of hydrogen-bond acceptors (Lipinski definition) is 6. The van der Waals surface area contributed by atoms with Crippen molar-refractivity contribution in [2.45, 2.75) is 83.7 Å². The largest absolute Gasteiger partial charge is 0.459 e. The number of carbonyl (C=O) groups is 1. The molecule has 37 heavy (non-hydrogen) atoms. The van der Waals surface area contributed by atoms with Crippen molar-refractivity contribution in [2.75, 3.05) is 6.61 Å². The quantitative estimate of drug-likeness (QED) is 0.205. The Hall–Kier alpha value is -2.25. The molecular weight excluding hydrogens is 470 g/mol. The Balaban J connectivity index is 1.14. The highest BCUT2D eigenvalue weighted by Crippen LogP contribution is 2.62. The van der Waals surface area contributed by atoms with Crippen LogP contribution in [0.2, 0.25) is 0 Å². The molecule has 0 unspecified atom stereocenters. The first-order valence-corrected chi connectivity index (χ1v) is 14.2. The third-order valence-corrected chi connectivity index (χ3v) is 10.7. The van der Waals surface area contributed by atoms with Gasteiger partial charge in [-0.1, -0.05) is 32.9 Å². The van der Waals surface area contributed by atoms with Crippen LogP contribution in [0.25, 0.3) is 0 Å². The van der Waals surface area contributed by atoms with Crippen molar-refractivity contribution in [1.82, 2.24) is 0 Å². The Morgan fingerprint density at radius 2 is 1.86 bits per heavy atom. The van der Waals surface area contributed by atoms with Gasteiger partial charge in [-0.2, -0.15) is 0 Å². The van der Waals surface area contributed by atoms with Crippen molar-refractivity contribution in [2.24, 2.45) is 40.9 Å². The van der Waals surface area contributed by atoms with E-state index >= 15 is 0 Å². The number of benzene rings is 1. The van der Waals surface area contributed by atoms with Gasteiger partial charge in [0.05, 0.1) is 23.2 Å². The predicted molar refractivity (Wildman–Crippen MR) is 138 cm³/mol. The molecule has 0 radical (unpaired) electrons. The molecule has 0 N–H and O–H groups in total. The van der Waals surface area contributed by atoms with Gasteiger partial charge >= 0.3 is 5.97 Å². The van der Waals surface area contributed by atoms with E-state index in [1.807, 2.05) is 0 Å². The van der Waals surface area contributed by atoms with Crippen LogP contribution >= 0.6 is 0 Å². The summed E-state index contributed by atoms with van der Waals surface area (Å²) in [7, 11) is 0. The average molecular weight is 510 g/mol. The summed E-state index contributed by atoms with van der Waals surface area (Å²) in [5.74, 6) is 2.15. The van der Waals surface area contributed by atoms with Crippen LogP contribution in [0.15, 0.2) is 36.4 Å². The molecule has 1 spiro atoms. The minimum atomic E-state index is -0.465. The standard InChI is InChI=1S/C30H39NO6/c1-18-12-15-30(35-17-18)19(2)24-10-11-26-25(27(24)37-30)9-6-21-16-23(13-14-29(21,26)3)36-28(32)20-4-7-22(8-5-20)31(33)34/h4-9,18-19,21,23-27H,10-17H2,1-3H3/t18-,19-,21-,23-,24+,25-,26-,27+,29+,30+/m1/s1. The fourth-order valence-corrected chi connectivity index (χ4v) is 8.35. The maximum Gasteiger partial charge on any atom is 0.338 e. The molecule has 1 aromatic rings. The minimum Gasteiger partial charge on any atom is -0.459 e. The first-order valence-electron chi connectivity index (χ1n) is 14.2. The normalized spacial score (nSPS) is 44.5. The van der Waals surface area contributed by atoms with Crippen LogP contribution < -0.4 is 0 Å². The topological polar surface area (TPSA) is 87.9 Å². The summed E-state index contributed by atoms with van der Waals surface area (Å²) in [6.07, 6.45) is 12.2. The molecule has 4 fully saturated rings. The van der Waals surface area contributed by atoms with E-state index in [1.165, 1.54) is 43.5 Å². The summed E-state index contributed by atoms with van der Waals surface area (Å²) in [6, 6.07) is 5.65. The highest BCUT2D eigenvalue weighted by molar-refractivity contribution is 5.89. The van der Waals surface area contributed by atoms with Crippen LogP contribution in [0.1, 0.15) is 76.1 Å². The SMILES string of the molecule is C[C@@H]1CC[C@]2(OC1)O[C@@H]1[C@@H]3C=C[C@@H]4C[C@H](OC(=O)c5ccc([N+](=O)[O-])cc5)CC[C@]4(C)[C@@H]3CC[C@H]1[C@H]2C. The van der Waals surface area contributed by atoms with Crippen molar-refractivity contribution < 1.29 is 23.9 Å². The highest BCUT2D eigenvalue weighted by atomic mass is 16.7. The number of carbonyl (C=O) groups excluding carboxylic acids is 1. The monoisotopic (exact) mass is 509 g/mol. The third kappa shape index (κ3) is 4.13. The lowest BCUT2D eigenvalue weighted by molar-refractivity contribution is -0.384. The minimum absolute atomic E-state index is 0.0298. The van der Waals surface area contributed by atoms with Crippen LogP contribution in [0.4, 0.5) is 5.69 Å². The highest BCUT2D eigenvalue weighted by Gasteiger charge is 2.61. The molecule has 0 aromatic heterocycles. The lowest BCUT2D eigenvalue weighted by atomic mass is 9.50. The van der Waals surface area contributed by atoms with E-state index in [1.54, 1.807) is 0 Å². The second-order valence-electron chi connectivity index (χ2n) is 12.7. The van der Waals surface area contributed by atoms with Gasteiger partial charge in [0, 0.05) is 30.4 Å². The molecular formula is C30H39NO6. The number of nitrogens with zero attached hydrogens (tertiary/aromatic N) is 1. The maximum absolute atomic E-state index is 12.7. The molecule has 2 saturated heterocycles. The first-order chi connectivity index (χ1) is 17.7. The smallest absolute Gasteiger partial charge is 0.338 e. The summed E-state index contributed by atoms with van der Waals surface area (Å²) >= 11 is 0. The molecule has 10 atom stereocenters. The van der Waals surface area contributed by atoms with Gasteiger partial charge in [0.1, 0.15) is 6.10 Å². The van der Waals surface area contributed by atoms with Crippen molar-refractivity contribution >= 4 is 11.7 Å². The zero-order valence-corrected chi connectivity index (χ0v) is 22.1. The summed E-state index contributed by atoms with van der Waals surface area (Å²) in [6.45, 7) is 7.86. The number of non-ortho nitro benzene ring substituents is 1. The van der Waals surface area contributed by atoms with Crippen LogP contribution in [0.3, 0.4) is 0 Å². The molecule has 2 saturated carbocycles. The Kier molecular flexibility index (Phi) is 6.22. The van der Waals surface area contributed by atoms with Gasteiger partial charge in [0.25, 0.3) is 5.69 Å². The van der Waals surface area contributed by atoms with Crippen LogP contribution in [-0.2, 0) is 14.2 Å². The summed E-state index contributed by atoms with van der Waals surface area (Å²) in [5.41, 5.74) is 0.500. The number of allylic oxidation sites excluding steroid dienone is 1. The van der Waals surface area contributed by atoms with Gasteiger partial charge in [-0.3, -0.25) is 10.1 Å². The molecule has 200 valence electrons. The molecule has 7 heteroatoms. The zero-order valence-electron chi connectivity index (χ0n) is 22.1. The van der Waals surface area contributed by atoms with E-state index in [2.05, 4.69) is 32.9 Å². The summed E-state index contributed by atoms with van der Waals surface area (Å²) in [5, 5.41) is 10.9. The number of rotatable bonds is 3. The van der Waals surface area contributed by atoms with Crippen LogP contribution in [0.5, 0.6) is 0 Å². The Morgan fingerprint density at radius 1 is 1.08 bits per heavy atom. The Morgan fingerprint density at radius 3 is 2.57 bits per heavy atom. The van der Waals surface area contributed by atoms with E-state index in [-0.39, 0.29) is 23.3 Å². The third-order valence-electron chi connectivity index (χ3n) is 10.7. The second-order valence-corrected chi connectivity index (χ2v) is 12.7. The molecule has 2 aliphatic heterocycles. The first kappa shape index (κ1) is 25.1. The van der Waals surface area contributed by atoms with Crippen molar-refractivity contribution in [3.63, 3.8) is 0 Å². The van der Waals surface area contributed by atoms with E-state index in [0.717, 1.165) is 32.3 Å². The average Bonchev–Trinajstić information content (AvgIpc) is 3.17. The summed E-state index contributed by atoms with van der Waals surface area (Å²) in [4.78, 5) is 23.2. The van der Waals surface area contributed by atoms with E-state index in [9.17, 15) is 14.9 Å². The zero-order chi connectivity index (χ0) is 25.9. The fraction of sp³-hybridized carbons (Fsp3) is 0.700. The Labute approximate surface area is 219 Å². The molecule has 0 bridgehead atoms. The van der Waals surface area contributed by atoms with Crippen molar-refractivity contribution in [3.8, 4) is 0 Å². The van der Waals surface area contributed by atoms with Crippen molar-refractivity contribution in [1.29, 1.82) is 0 Å². The van der Waals surface area contributed by atoms with Gasteiger partial charge in [-0.05, 0) is 79.7 Å². The van der Waals surface area contributed by atoms with Crippen molar-refractivity contribution in [3.05, 3.63) is 52.1 Å². The van der Waals surface area contributed by atoms with Crippen LogP contribution in [-0.4, -0.2) is 35.5 Å².